The van der Waals surface area contributed by atoms with E-state index in [9.17, 15) is 26.8 Å². The number of hydrogen-bond donors (Lipinski definition) is 2. The topological polar surface area (TPSA) is 95.6 Å². The van der Waals surface area contributed by atoms with Crippen molar-refractivity contribution in [1.29, 1.82) is 0 Å². The van der Waals surface area contributed by atoms with Crippen LogP contribution in [-0.4, -0.2) is 39.6 Å². The normalized spacial score (nSPS) is 11.1. The lowest BCUT2D eigenvalue weighted by molar-refractivity contribution is -0.116. The first-order valence-electron chi connectivity index (χ1n) is 9.73. The molecule has 0 heterocycles. The zero-order chi connectivity index (χ0) is 23.0. The minimum atomic E-state index is -3.77. The Morgan fingerprint density at radius 3 is 2.42 bits per heavy atom. The molecule has 31 heavy (non-hydrogen) atoms. The van der Waals surface area contributed by atoms with Gasteiger partial charge in [0.1, 0.15) is 0 Å². The largest absolute Gasteiger partial charge is 0.352 e. The predicted octanol–water partition coefficient (Wildman–Crippen LogP) is 3.29. The van der Waals surface area contributed by atoms with Gasteiger partial charge in [0.25, 0.3) is 5.91 Å². The first-order chi connectivity index (χ1) is 14.6. The average Bonchev–Trinajstić information content (AvgIpc) is 2.71. The number of hydrogen-bond acceptors (Lipinski definition) is 4. The molecule has 0 unspecified atom stereocenters. The van der Waals surface area contributed by atoms with E-state index >= 15 is 0 Å². The Labute approximate surface area is 180 Å². The summed E-state index contributed by atoms with van der Waals surface area (Å²) in [5, 5.41) is 5.40. The Morgan fingerprint density at radius 1 is 1.06 bits per heavy atom. The molecule has 0 spiro atoms. The third-order valence-electron chi connectivity index (χ3n) is 4.34. The third kappa shape index (κ3) is 7.02. The number of halogens is 2. The maximum atomic E-state index is 13.5. The molecule has 2 aromatic carbocycles. The maximum absolute atomic E-state index is 13.5. The second-order valence-corrected chi connectivity index (χ2v) is 8.79. The van der Waals surface area contributed by atoms with E-state index in [4.69, 9.17) is 0 Å². The van der Waals surface area contributed by atoms with Crippen molar-refractivity contribution in [2.45, 2.75) is 26.2 Å². The smallest absolute Gasteiger partial charge is 0.253 e. The van der Waals surface area contributed by atoms with Gasteiger partial charge in [-0.05, 0) is 37.1 Å². The van der Waals surface area contributed by atoms with Crippen LogP contribution in [0.4, 0.5) is 20.2 Å². The van der Waals surface area contributed by atoms with Crippen LogP contribution in [0, 0.1) is 11.6 Å². The zero-order valence-corrected chi connectivity index (χ0v) is 18.1. The third-order valence-corrected chi connectivity index (χ3v) is 5.53. The van der Waals surface area contributed by atoms with Gasteiger partial charge in [0, 0.05) is 25.6 Å². The minimum absolute atomic E-state index is 0.0280. The zero-order valence-electron chi connectivity index (χ0n) is 17.3. The summed E-state index contributed by atoms with van der Waals surface area (Å²) in [6.07, 6.45) is 1.80. The van der Waals surface area contributed by atoms with Crippen LogP contribution in [0.2, 0.25) is 0 Å². The quantitative estimate of drug-likeness (QED) is 0.577. The Hall–Kier alpha value is -3.01. The van der Waals surface area contributed by atoms with Crippen LogP contribution in [0.3, 0.4) is 0 Å². The molecule has 0 fully saturated rings. The summed E-state index contributed by atoms with van der Waals surface area (Å²) in [6, 6.07) is 9.35. The molecule has 0 saturated heterocycles. The lowest BCUT2D eigenvalue weighted by Crippen LogP contribution is -2.31. The number of carbonyl (C=O) groups is 2. The van der Waals surface area contributed by atoms with E-state index in [1.807, 2.05) is 6.92 Å². The predicted molar refractivity (Wildman–Crippen MR) is 115 cm³/mol. The van der Waals surface area contributed by atoms with Gasteiger partial charge in [-0.2, -0.15) is 0 Å². The van der Waals surface area contributed by atoms with E-state index in [-0.39, 0.29) is 31.0 Å². The summed E-state index contributed by atoms with van der Waals surface area (Å²) < 4.78 is 51.7. The highest BCUT2D eigenvalue weighted by molar-refractivity contribution is 7.92. The highest BCUT2D eigenvalue weighted by Crippen LogP contribution is 2.21. The number of amides is 2. The highest BCUT2D eigenvalue weighted by Gasteiger charge is 2.19. The fourth-order valence-electron chi connectivity index (χ4n) is 2.85. The van der Waals surface area contributed by atoms with Crippen molar-refractivity contribution < 1.29 is 26.8 Å². The van der Waals surface area contributed by atoms with Gasteiger partial charge in [0.05, 0.1) is 23.2 Å². The molecule has 0 aliphatic carbocycles. The lowest BCUT2D eigenvalue weighted by atomic mass is 10.1. The molecule has 0 aliphatic rings. The molecule has 168 valence electrons. The molecule has 10 heteroatoms. The molecule has 0 aliphatic heterocycles. The van der Waals surface area contributed by atoms with Crippen LogP contribution in [-0.2, 0) is 14.8 Å². The van der Waals surface area contributed by atoms with Gasteiger partial charge >= 0.3 is 0 Å². The summed E-state index contributed by atoms with van der Waals surface area (Å²) in [7, 11) is -3.77. The van der Waals surface area contributed by atoms with Gasteiger partial charge in [-0.1, -0.05) is 19.1 Å². The number of anilines is 2. The summed E-state index contributed by atoms with van der Waals surface area (Å²) in [5.41, 5.74) is 0.644. The Bertz CT molecular complexity index is 1040. The van der Waals surface area contributed by atoms with Crippen LogP contribution in [0.15, 0.2) is 42.5 Å². The van der Waals surface area contributed by atoms with Crippen molar-refractivity contribution in [3.8, 4) is 0 Å². The fraction of sp³-hybridized carbons (Fsp3) is 0.333. The van der Waals surface area contributed by atoms with Gasteiger partial charge in [-0.3, -0.25) is 13.9 Å². The lowest BCUT2D eigenvalue weighted by Gasteiger charge is -2.22. The summed E-state index contributed by atoms with van der Waals surface area (Å²) in [5.74, 6) is -2.96. The Morgan fingerprint density at radius 2 is 1.77 bits per heavy atom. The van der Waals surface area contributed by atoms with Gasteiger partial charge in [-0.25, -0.2) is 17.2 Å². The first kappa shape index (κ1) is 24.3. The van der Waals surface area contributed by atoms with Crippen LogP contribution in [0.25, 0.3) is 0 Å². The van der Waals surface area contributed by atoms with Crippen molar-refractivity contribution in [3.05, 3.63) is 59.7 Å². The summed E-state index contributed by atoms with van der Waals surface area (Å²) >= 11 is 0. The molecule has 2 rings (SSSR count). The SMILES string of the molecule is CCCNC(=O)c1ccccc1NC(=O)CCCN(c1ccc(F)c(F)c1)S(C)(=O)=O. The number of rotatable bonds is 10. The van der Waals surface area contributed by atoms with E-state index < -0.39 is 27.6 Å². The van der Waals surface area contributed by atoms with Crippen LogP contribution in [0.1, 0.15) is 36.5 Å². The highest BCUT2D eigenvalue weighted by atomic mass is 32.2. The van der Waals surface area contributed by atoms with Crippen molar-refractivity contribution >= 4 is 33.2 Å². The number of sulfonamides is 1. The van der Waals surface area contributed by atoms with E-state index in [0.29, 0.717) is 17.8 Å². The Balaban J connectivity index is 2.02. The number of carbonyl (C=O) groups excluding carboxylic acids is 2. The molecule has 0 saturated carbocycles. The van der Waals surface area contributed by atoms with Crippen molar-refractivity contribution in [1.82, 2.24) is 5.32 Å². The van der Waals surface area contributed by atoms with E-state index in [1.165, 1.54) is 0 Å². The molecule has 0 aromatic heterocycles. The molecule has 2 amide bonds. The van der Waals surface area contributed by atoms with Crippen LogP contribution < -0.4 is 14.9 Å². The second kappa shape index (κ2) is 10.9. The molecule has 2 aromatic rings. The number of benzene rings is 2. The fourth-order valence-corrected chi connectivity index (χ4v) is 3.80. The second-order valence-electron chi connectivity index (χ2n) is 6.89. The van der Waals surface area contributed by atoms with Gasteiger partial charge in [0.15, 0.2) is 11.6 Å². The van der Waals surface area contributed by atoms with Gasteiger partial charge in [-0.15, -0.1) is 0 Å². The van der Waals surface area contributed by atoms with Crippen molar-refractivity contribution in [3.63, 3.8) is 0 Å². The Kier molecular flexibility index (Phi) is 8.49. The van der Waals surface area contributed by atoms with Gasteiger partial charge < -0.3 is 10.6 Å². The molecular formula is C21H25F2N3O4S. The van der Waals surface area contributed by atoms with Crippen LogP contribution >= 0.6 is 0 Å². The standard InChI is InChI=1S/C21H25F2N3O4S/c1-3-12-24-21(28)16-7-4-5-8-19(16)25-20(27)9-6-13-26(31(2,29)30)15-10-11-17(22)18(23)14-15/h4-5,7-8,10-11,14H,3,6,9,12-13H2,1-2H3,(H,24,28)(H,25,27). The van der Waals surface area contributed by atoms with Crippen molar-refractivity contribution in [2.75, 3.05) is 29.0 Å². The van der Waals surface area contributed by atoms with Crippen LogP contribution in [0.5, 0.6) is 0 Å². The van der Waals surface area contributed by atoms with Crippen molar-refractivity contribution in [2.24, 2.45) is 0 Å². The van der Waals surface area contributed by atoms with Gasteiger partial charge in [0.2, 0.25) is 15.9 Å². The molecule has 0 atom stereocenters. The molecule has 7 nitrogen and oxygen atoms in total. The number of nitrogens with one attached hydrogen (secondary N) is 2. The van der Waals surface area contributed by atoms with E-state index in [2.05, 4.69) is 10.6 Å². The maximum Gasteiger partial charge on any atom is 0.253 e. The molecular weight excluding hydrogens is 428 g/mol. The summed E-state index contributed by atoms with van der Waals surface area (Å²) in [4.78, 5) is 24.6. The molecule has 0 radical (unpaired) electrons. The molecule has 2 N–H and O–H groups in total. The summed E-state index contributed by atoms with van der Waals surface area (Å²) in [6.45, 7) is 2.33. The minimum Gasteiger partial charge on any atom is -0.352 e. The average molecular weight is 454 g/mol. The first-order valence-corrected chi connectivity index (χ1v) is 11.6. The number of nitrogens with zero attached hydrogens (tertiary/aromatic N) is 1. The monoisotopic (exact) mass is 453 g/mol. The van der Waals surface area contributed by atoms with E-state index in [0.717, 1.165) is 35.2 Å². The molecule has 0 bridgehead atoms. The van der Waals surface area contributed by atoms with E-state index in [1.54, 1.807) is 24.3 Å². The number of para-hydroxylation sites is 1.